The Labute approximate surface area is 190 Å². The number of nitrogens with zero attached hydrogens (tertiary/aromatic N) is 4. The van der Waals surface area contributed by atoms with Gasteiger partial charge in [-0.2, -0.15) is 0 Å². The quantitative estimate of drug-likeness (QED) is 0.434. The van der Waals surface area contributed by atoms with Gasteiger partial charge in [0.15, 0.2) is 5.65 Å². The van der Waals surface area contributed by atoms with Crippen molar-refractivity contribution in [2.24, 2.45) is 0 Å². The predicted molar refractivity (Wildman–Crippen MR) is 127 cm³/mol. The van der Waals surface area contributed by atoms with E-state index >= 15 is 0 Å². The minimum Gasteiger partial charge on any atom is -0.389 e. The van der Waals surface area contributed by atoms with E-state index in [0.717, 1.165) is 60.8 Å². The number of aliphatic hydroxyl groups is 2. The van der Waals surface area contributed by atoms with Gasteiger partial charge in [-0.1, -0.05) is 18.2 Å². The molecule has 1 aromatic carbocycles. The highest BCUT2D eigenvalue weighted by Crippen LogP contribution is 2.34. The Morgan fingerprint density at radius 2 is 1.97 bits per heavy atom. The van der Waals surface area contributed by atoms with Crippen molar-refractivity contribution in [3.63, 3.8) is 0 Å². The Bertz CT molecular complexity index is 1210. The molecular formula is C24H27N5O2S. The molecule has 2 aliphatic heterocycles. The van der Waals surface area contributed by atoms with E-state index < -0.39 is 12.2 Å². The zero-order valence-corrected chi connectivity index (χ0v) is 18.6. The number of aromatic nitrogens is 3. The molecule has 7 nitrogen and oxygen atoms in total. The van der Waals surface area contributed by atoms with Gasteiger partial charge in [0, 0.05) is 17.3 Å². The monoisotopic (exact) mass is 449 g/mol. The minimum atomic E-state index is -0.810. The van der Waals surface area contributed by atoms with Crippen molar-refractivity contribution in [3.8, 4) is 10.6 Å². The molecule has 0 radical (unpaired) electrons. The Morgan fingerprint density at radius 1 is 1.06 bits per heavy atom. The van der Waals surface area contributed by atoms with Gasteiger partial charge in [-0.25, -0.2) is 9.50 Å². The topological polar surface area (TPSA) is 85.9 Å². The van der Waals surface area contributed by atoms with Crippen molar-refractivity contribution in [3.05, 3.63) is 48.7 Å². The maximum atomic E-state index is 11.0. The summed E-state index contributed by atoms with van der Waals surface area (Å²) in [5.41, 5.74) is 1.77. The van der Waals surface area contributed by atoms with Crippen LogP contribution in [0.25, 0.3) is 26.3 Å². The fraction of sp³-hybridized carbons (Fsp3) is 0.417. The van der Waals surface area contributed by atoms with Gasteiger partial charge in [-0.15, -0.1) is 16.4 Å². The van der Waals surface area contributed by atoms with E-state index in [-0.39, 0.29) is 12.1 Å². The number of nitrogens with one attached hydrogen (secondary N) is 1. The molecule has 0 saturated carbocycles. The Morgan fingerprint density at radius 3 is 2.81 bits per heavy atom. The van der Waals surface area contributed by atoms with Crippen molar-refractivity contribution in [1.29, 1.82) is 0 Å². The number of hydrogen-bond donors (Lipinski definition) is 3. The fourth-order valence-electron chi connectivity index (χ4n) is 5.19. The van der Waals surface area contributed by atoms with Crippen LogP contribution in [0.1, 0.15) is 25.7 Å². The first-order valence-corrected chi connectivity index (χ1v) is 12.2. The lowest BCUT2D eigenvalue weighted by molar-refractivity contribution is -0.0129. The highest BCUT2D eigenvalue weighted by Gasteiger charge is 2.39. The lowest BCUT2D eigenvalue weighted by Gasteiger charge is -2.34. The summed E-state index contributed by atoms with van der Waals surface area (Å²) in [5, 5.41) is 31.3. The molecule has 3 aromatic heterocycles. The third kappa shape index (κ3) is 3.38. The lowest BCUT2D eigenvalue weighted by Crippen LogP contribution is -2.52. The van der Waals surface area contributed by atoms with Crippen LogP contribution in [0.5, 0.6) is 0 Å². The molecule has 2 fully saturated rings. The zero-order valence-electron chi connectivity index (χ0n) is 17.8. The molecule has 0 bridgehead atoms. The average Bonchev–Trinajstić information content (AvgIpc) is 3.61. The van der Waals surface area contributed by atoms with Crippen LogP contribution in [0, 0.1) is 0 Å². The maximum Gasteiger partial charge on any atom is 0.154 e. The van der Waals surface area contributed by atoms with E-state index in [0.29, 0.717) is 0 Å². The largest absolute Gasteiger partial charge is 0.389 e. The number of imidazole rings is 1. The zero-order chi connectivity index (χ0) is 21.7. The molecule has 3 N–H and O–H groups in total. The molecule has 0 aliphatic carbocycles. The normalized spacial score (nSPS) is 23.4. The predicted octanol–water partition coefficient (Wildman–Crippen LogP) is 3.05. The van der Waals surface area contributed by atoms with Crippen LogP contribution in [0.4, 0.5) is 5.82 Å². The van der Waals surface area contributed by atoms with Gasteiger partial charge >= 0.3 is 0 Å². The molecule has 0 amide bonds. The Balaban J connectivity index is 1.33. The van der Waals surface area contributed by atoms with Crippen molar-refractivity contribution in [2.75, 3.05) is 18.0 Å². The first-order valence-electron chi connectivity index (χ1n) is 11.4. The van der Waals surface area contributed by atoms with Gasteiger partial charge in [0.25, 0.3) is 0 Å². The SMILES string of the molecule is OC(C(O)[C@H]1CCCN1)[C@H]1CCCN1c1ccc2ncc(-c3cc4ccccc4s3)n2n1. The van der Waals surface area contributed by atoms with Gasteiger partial charge in [0.05, 0.1) is 23.2 Å². The van der Waals surface area contributed by atoms with Crippen molar-refractivity contribution in [1.82, 2.24) is 19.9 Å². The van der Waals surface area contributed by atoms with Crippen LogP contribution in [0.3, 0.4) is 0 Å². The summed E-state index contributed by atoms with van der Waals surface area (Å²) >= 11 is 1.74. The second-order valence-corrected chi connectivity index (χ2v) is 9.92. The third-order valence-electron chi connectivity index (χ3n) is 6.87. The van der Waals surface area contributed by atoms with E-state index in [1.165, 1.54) is 10.1 Å². The summed E-state index contributed by atoms with van der Waals surface area (Å²) in [6.45, 7) is 1.72. The molecule has 4 aromatic rings. The second kappa shape index (κ2) is 8.12. The molecule has 2 saturated heterocycles. The Hall–Kier alpha value is -2.52. The molecule has 0 spiro atoms. The summed E-state index contributed by atoms with van der Waals surface area (Å²) < 4.78 is 3.14. The van der Waals surface area contributed by atoms with Crippen LogP contribution in [-0.4, -0.2) is 62.2 Å². The second-order valence-electron chi connectivity index (χ2n) is 8.84. The van der Waals surface area contributed by atoms with Crippen molar-refractivity contribution in [2.45, 2.75) is 50.0 Å². The molecule has 8 heteroatoms. The van der Waals surface area contributed by atoms with E-state index in [9.17, 15) is 10.2 Å². The van der Waals surface area contributed by atoms with E-state index in [1.807, 2.05) is 22.8 Å². The molecule has 2 unspecified atom stereocenters. The van der Waals surface area contributed by atoms with Crippen molar-refractivity contribution >= 4 is 32.9 Å². The number of anilines is 1. The molecular weight excluding hydrogens is 422 g/mol. The van der Waals surface area contributed by atoms with Crippen LogP contribution < -0.4 is 10.2 Å². The highest BCUT2D eigenvalue weighted by molar-refractivity contribution is 7.22. The van der Waals surface area contributed by atoms with Crippen LogP contribution in [-0.2, 0) is 0 Å². The average molecular weight is 450 g/mol. The highest BCUT2D eigenvalue weighted by atomic mass is 32.1. The summed E-state index contributed by atoms with van der Waals surface area (Å²) in [6.07, 6.45) is 4.06. The lowest BCUT2D eigenvalue weighted by atomic mass is 9.96. The Kier molecular flexibility index (Phi) is 5.10. The number of fused-ring (bicyclic) bond motifs is 2. The smallest absolute Gasteiger partial charge is 0.154 e. The first kappa shape index (κ1) is 20.1. The molecule has 32 heavy (non-hydrogen) atoms. The standard InChI is InChI=1S/C24H27N5O2S/c30-23(16-6-3-11-25-16)24(31)17-7-4-12-28(17)22-10-9-21-26-14-18(29(21)27-22)20-13-15-5-1-2-8-19(15)32-20/h1-2,5,8-10,13-14,16-17,23-25,30-31H,3-4,6-7,11-12H2/t16-,17-,23?,24?/m1/s1. The molecule has 166 valence electrons. The molecule has 5 heterocycles. The van der Waals surface area contributed by atoms with Gasteiger partial charge in [0.1, 0.15) is 17.6 Å². The van der Waals surface area contributed by atoms with E-state index in [1.54, 1.807) is 11.3 Å². The summed E-state index contributed by atoms with van der Waals surface area (Å²) in [7, 11) is 0. The van der Waals surface area contributed by atoms with Gasteiger partial charge in [-0.3, -0.25) is 0 Å². The van der Waals surface area contributed by atoms with Gasteiger partial charge in [-0.05, 0) is 61.9 Å². The van der Waals surface area contributed by atoms with Gasteiger partial charge in [0.2, 0.25) is 0 Å². The summed E-state index contributed by atoms with van der Waals surface area (Å²) in [5.74, 6) is 0.811. The molecule has 6 rings (SSSR count). The number of rotatable bonds is 5. The minimum absolute atomic E-state index is 0.0314. The van der Waals surface area contributed by atoms with Gasteiger partial charge < -0.3 is 20.4 Å². The summed E-state index contributed by atoms with van der Waals surface area (Å²) in [4.78, 5) is 7.84. The van der Waals surface area contributed by atoms with Crippen molar-refractivity contribution < 1.29 is 10.2 Å². The van der Waals surface area contributed by atoms with Crippen LogP contribution in [0.2, 0.25) is 0 Å². The first-order chi connectivity index (χ1) is 15.7. The molecule has 4 atom stereocenters. The van der Waals surface area contributed by atoms with Crippen LogP contribution in [0.15, 0.2) is 48.7 Å². The summed E-state index contributed by atoms with van der Waals surface area (Å²) in [6, 6.07) is 14.3. The van der Waals surface area contributed by atoms with E-state index in [4.69, 9.17) is 5.10 Å². The number of benzene rings is 1. The number of hydrogen-bond acceptors (Lipinski definition) is 7. The maximum absolute atomic E-state index is 11.0. The third-order valence-corrected chi connectivity index (χ3v) is 8.01. The fourth-order valence-corrected chi connectivity index (χ4v) is 6.25. The molecule has 2 aliphatic rings. The number of thiophene rings is 1. The van der Waals surface area contributed by atoms with Crippen LogP contribution >= 0.6 is 11.3 Å². The van der Waals surface area contributed by atoms with E-state index in [2.05, 4.69) is 45.5 Å². The number of aliphatic hydroxyl groups excluding tert-OH is 2.